The number of hydrogen-bond donors (Lipinski definition) is 1. The predicted octanol–water partition coefficient (Wildman–Crippen LogP) is 3.90. The molecule has 1 aromatic rings. The van der Waals surface area contributed by atoms with Crippen molar-refractivity contribution in [3.8, 4) is 5.75 Å². The molecule has 4 unspecified atom stereocenters. The number of carbonyl (C=O) groups excluding carboxylic acids is 2. The number of amides is 2. The quantitative estimate of drug-likeness (QED) is 0.720. The fourth-order valence-corrected chi connectivity index (χ4v) is 6.17. The third kappa shape index (κ3) is 5.54. The lowest BCUT2D eigenvalue weighted by Gasteiger charge is -2.54. The van der Waals surface area contributed by atoms with E-state index in [-0.39, 0.29) is 35.3 Å². The molecule has 1 aromatic carbocycles. The van der Waals surface area contributed by atoms with Crippen molar-refractivity contribution in [2.45, 2.75) is 72.0 Å². The van der Waals surface area contributed by atoms with E-state index in [2.05, 4.69) is 31.2 Å². The van der Waals surface area contributed by atoms with E-state index in [1.54, 1.807) is 6.92 Å². The minimum Gasteiger partial charge on any atom is -0.410 e. The molecule has 0 bridgehead atoms. The van der Waals surface area contributed by atoms with E-state index in [0.29, 0.717) is 24.1 Å². The van der Waals surface area contributed by atoms with Gasteiger partial charge in [0, 0.05) is 39.1 Å². The van der Waals surface area contributed by atoms with Crippen molar-refractivity contribution in [2.75, 3.05) is 26.2 Å². The molecule has 188 valence electrons. The van der Waals surface area contributed by atoms with E-state index < -0.39 is 6.09 Å². The van der Waals surface area contributed by atoms with Crippen molar-refractivity contribution >= 4 is 12.0 Å². The van der Waals surface area contributed by atoms with Gasteiger partial charge >= 0.3 is 6.09 Å². The van der Waals surface area contributed by atoms with Crippen LogP contribution in [0, 0.1) is 23.1 Å². The van der Waals surface area contributed by atoms with Gasteiger partial charge in [-0.15, -0.1) is 0 Å². The van der Waals surface area contributed by atoms with Crippen LogP contribution in [0.3, 0.4) is 0 Å². The molecule has 3 aliphatic rings. The number of nitrogens with one attached hydrogen (secondary N) is 1. The molecule has 7 nitrogen and oxygen atoms in total. The Morgan fingerprint density at radius 3 is 2.44 bits per heavy atom. The van der Waals surface area contributed by atoms with Crippen molar-refractivity contribution in [2.24, 2.45) is 17.3 Å². The summed E-state index contributed by atoms with van der Waals surface area (Å²) in [5.74, 6) is 1.01. The van der Waals surface area contributed by atoms with Crippen molar-refractivity contribution in [1.82, 2.24) is 20.2 Å². The molecule has 1 saturated carbocycles. The summed E-state index contributed by atoms with van der Waals surface area (Å²) in [6.45, 7) is 13.7. The molecular formula is C26H39FN4O3. The number of hydrogen-bond acceptors (Lipinski definition) is 5. The van der Waals surface area contributed by atoms with E-state index in [0.717, 1.165) is 38.9 Å². The van der Waals surface area contributed by atoms with Gasteiger partial charge in [-0.3, -0.25) is 10.2 Å². The summed E-state index contributed by atoms with van der Waals surface area (Å²) in [7, 11) is 0. The first-order valence-corrected chi connectivity index (χ1v) is 12.5. The normalized spacial score (nSPS) is 30.2. The second-order valence-corrected chi connectivity index (χ2v) is 11.5. The molecule has 5 atom stereocenters. The lowest BCUT2D eigenvalue weighted by Crippen LogP contribution is -2.67. The highest BCUT2D eigenvalue weighted by atomic mass is 19.1. The molecule has 2 amide bonds. The topological polar surface area (TPSA) is 65.1 Å². The van der Waals surface area contributed by atoms with Crippen molar-refractivity contribution < 1.29 is 18.7 Å². The summed E-state index contributed by atoms with van der Waals surface area (Å²) in [5.41, 5.74) is 3.79. The first kappa shape index (κ1) is 24.9. The van der Waals surface area contributed by atoms with Crippen LogP contribution in [0.15, 0.2) is 24.3 Å². The molecular weight excluding hydrogens is 435 g/mol. The maximum absolute atomic E-state index is 13.3. The van der Waals surface area contributed by atoms with Crippen LogP contribution in [0.5, 0.6) is 5.75 Å². The Bertz CT molecular complexity index is 887. The molecule has 2 saturated heterocycles. The fraction of sp³-hybridized carbons (Fsp3) is 0.692. The molecule has 0 spiro atoms. The minimum absolute atomic E-state index is 0.00157. The molecule has 0 aromatic heterocycles. The Morgan fingerprint density at radius 2 is 1.79 bits per heavy atom. The second kappa shape index (κ2) is 9.82. The molecule has 1 aliphatic carbocycles. The van der Waals surface area contributed by atoms with Crippen LogP contribution in [0.2, 0.25) is 0 Å². The van der Waals surface area contributed by atoms with Gasteiger partial charge in [0.2, 0.25) is 5.91 Å². The number of benzene rings is 1. The van der Waals surface area contributed by atoms with E-state index in [4.69, 9.17) is 4.74 Å². The fourth-order valence-electron chi connectivity index (χ4n) is 6.17. The van der Waals surface area contributed by atoms with Crippen molar-refractivity contribution in [3.63, 3.8) is 0 Å². The van der Waals surface area contributed by atoms with Gasteiger partial charge in [-0.25, -0.2) is 14.2 Å². The standard InChI is InChI=1S/C26H39FN4O3/c1-17-14-30(25(33)34-22-9-7-21(27)8-10-22)24-12-19(6-11-23(24)31(17)18(2)32)20-13-28-29(15-20)16-26(3,4)5/h7-10,17,19-20,23-24,28H,6,11-16H2,1-5H3/t17-,19?,20?,23?,24?/m0/s1. The van der Waals surface area contributed by atoms with E-state index in [1.807, 2.05) is 16.7 Å². The summed E-state index contributed by atoms with van der Waals surface area (Å²) in [6, 6.07) is 5.35. The summed E-state index contributed by atoms with van der Waals surface area (Å²) in [4.78, 5) is 29.6. The number of hydrazine groups is 1. The average Bonchev–Trinajstić information content (AvgIpc) is 3.20. The third-order valence-electron chi connectivity index (χ3n) is 7.50. The Kier molecular flexibility index (Phi) is 7.20. The summed E-state index contributed by atoms with van der Waals surface area (Å²) >= 11 is 0. The van der Waals surface area contributed by atoms with E-state index in [1.165, 1.54) is 24.3 Å². The number of piperazine rings is 1. The predicted molar refractivity (Wildman–Crippen MR) is 129 cm³/mol. The lowest BCUT2D eigenvalue weighted by molar-refractivity contribution is -0.142. The number of halogens is 1. The molecule has 2 heterocycles. The highest BCUT2D eigenvalue weighted by Gasteiger charge is 2.48. The molecule has 34 heavy (non-hydrogen) atoms. The minimum atomic E-state index is -0.420. The molecule has 0 radical (unpaired) electrons. The van der Waals surface area contributed by atoms with E-state index in [9.17, 15) is 14.0 Å². The zero-order chi connectivity index (χ0) is 24.6. The van der Waals surface area contributed by atoms with Gasteiger partial charge in [0.15, 0.2) is 0 Å². The van der Waals surface area contributed by atoms with Crippen molar-refractivity contribution in [1.29, 1.82) is 0 Å². The largest absolute Gasteiger partial charge is 0.415 e. The van der Waals surface area contributed by atoms with Crippen molar-refractivity contribution in [3.05, 3.63) is 30.1 Å². The SMILES string of the molecule is CC(=O)N1C2CCC(C3CNN(CC(C)(C)C)C3)CC2N(C(=O)Oc2ccc(F)cc2)C[C@@H]1C. The maximum Gasteiger partial charge on any atom is 0.415 e. The Balaban J connectivity index is 1.49. The van der Waals surface area contributed by atoms with Gasteiger partial charge in [-0.1, -0.05) is 20.8 Å². The van der Waals surface area contributed by atoms with Gasteiger partial charge in [-0.2, -0.15) is 0 Å². The number of rotatable bonds is 3. The third-order valence-corrected chi connectivity index (χ3v) is 7.50. The summed E-state index contributed by atoms with van der Waals surface area (Å²) < 4.78 is 18.9. The van der Waals surface area contributed by atoms with Crippen LogP contribution in [0.4, 0.5) is 9.18 Å². The van der Waals surface area contributed by atoms with Crippen LogP contribution < -0.4 is 10.2 Å². The van der Waals surface area contributed by atoms with E-state index >= 15 is 0 Å². The zero-order valence-corrected chi connectivity index (χ0v) is 21.1. The highest BCUT2D eigenvalue weighted by Crippen LogP contribution is 2.40. The van der Waals surface area contributed by atoms with Gasteiger partial charge < -0.3 is 14.5 Å². The highest BCUT2D eigenvalue weighted by molar-refractivity contribution is 5.76. The first-order valence-electron chi connectivity index (χ1n) is 12.5. The first-order chi connectivity index (χ1) is 16.0. The molecule has 4 rings (SSSR count). The summed E-state index contributed by atoms with van der Waals surface area (Å²) in [6.07, 6.45) is 2.37. The molecule has 1 N–H and O–H groups in total. The number of nitrogens with zero attached hydrogens (tertiary/aromatic N) is 3. The average molecular weight is 475 g/mol. The smallest absolute Gasteiger partial charge is 0.410 e. The lowest BCUT2D eigenvalue weighted by atomic mass is 9.73. The van der Waals surface area contributed by atoms with Crippen LogP contribution in [0.1, 0.15) is 53.9 Å². The molecule has 8 heteroatoms. The van der Waals surface area contributed by atoms with Gasteiger partial charge in [0.05, 0.1) is 12.1 Å². The molecule has 2 aliphatic heterocycles. The second-order valence-electron chi connectivity index (χ2n) is 11.5. The van der Waals surface area contributed by atoms with Crippen LogP contribution in [-0.2, 0) is 4.79 Å². The van der Waals surface area contributed by atoms with Crippen LogP contribution in [0.25, 0.3) is 0 Å². The van der Waals surface area contributed by atoms with Gasteiger partial charge in [0.1, 0.15) is 11.6 Å². The number of carbonyl (C=O) groups is 2. The Morgan fingerprint density at radius 1 is 1.09 bits per heavy atom. The molecule has 3 fully saturated rings. The van der Waals surface area contributed by atoms with Crippen LogP contribution >= 0.6 is 0 Å². The Labute approximate surface area is 202 Å². The maximum atomic E-state index is 13.3. The van der Waals surface area contributed by atoms with Gasteiger partial charge in [0.25, 0.3) is 0 Å². The monoisotopic (exact) mass is 474 g/mol. The Hall–Kier alpha value is -2.19. The zero-order valence-electron chi connectivity index (χ0n) is 21.1. The number of fused-ring (bicyclic) bond motifs is 1. The number of ether oxygens (including phenoxy) is 1. The van der Waals surface area contributed by atoms with Crippen LogP contribution in [-0.4, -0.2) is 71.1 Å². The summed E-state index contributed by atoms with van der Waals surface area (Å²) in [5, 5.41) is 2.34. The van der Waals surface area contributed by atoms with Gasteiger partial charge in [-0.05, 0) is 67.7 Å².